The molecule has 1 saturated carbocycles. The number of urea groups is 1. The number of carbonyl (C=O) groups excluding carboxylic acids is 4. The van der Waals surface area contributed by atoms with Crippen LogP contribution < -0.4 is 10.6 Å². The fraction of sp³-hybridized carbons (Fsp3) is 0.545. The van der Waals surface area contributed by atoms with Gasteiger partial charge in [-0.15, -0.1) is 0 Å². The molecule has 0 aromatic heterocycles. The van der Waals surface area contributed by atoms with Crippen molar-refractivity contribution in [3.63, 3.8) is 0 Å². The molecule has 3 aliphatic rings. The number of benzene rings is 1. The Morgan fingerprint density at radius 3 is 2.53 bits per heavy atom. The van der Waals surface area contributed by atoms with E-state index in [4.69, 9.17) is 0 Å². The molecule has 0 atom stereocenters. The Bertz CT molecular complexity index is 856. The van der Waals surface area contributed by atoms with Crippen LogP contribution in [0.4, 0.5) is 10.5 Å². The number of hydrogen-bond acceptors (Lipinski definition) is 4. The molecule has 2 aliphatic heterocycles. The first-order valence-corrected chi connectivity index (χ1v) is 10.8. The highest BCUT2D eigenvalue weighted by Crippen LogP contribution is 2.35. The predicted molar refractivity (Wildman–Crippen MR) is 111 cm³/mol. The minimum atomic E-state index is -0.707. The second-order valence-corrected chi connectivity index (χ2v) is 8.41. The van der Waals surface area contributed by atoms with Crippen LogP contribution in [0.25, 0.3) is 0 Å². The van der Waals surface area contributed by atoms with Crippen molar-refractivity contribution in [3.05, 3.63) is 29.8 Å². The summed E-state index contributed by atoms with van der Waals surface area (Å²) in [7, 11) is 0. The van der Waals surface area contributed by atoms with Gasteiger partial charge in [0.05, 0.1) is 0 Å². The van der Waals surface area contributed by atoms with Crippen LogP contribution in [0.2, 0.25) is 0 Å². The van der Waals surface area contributed by atoms with Crippen molar-refractivity contribution in [2.75, 3.05) is 25.0 Å². The zero-order valence-corrected chi connectivity index (χ0v) is 17.1. The van der Waals surface area contributed by atoms with Crippen molar-refractivity contribution in [2.45, 2.75) is 56.9 Å². The van der Waals surface area contributed by atoms with Crippen LogP contribution in [0.15, 0.2) is 24.3 Å². The van der Waals surface area contributed by atoms with Crippen molar-refractivity contribution < 1.29 is 19.2 Å². The molecule has 1 spiro atoms. The second-order valence-electron chi connectivity index (χ2n) is 8.41. The van der Waals surface area contributed by atoms with Gasteiger partial charge in [-0.2, -0.15) is 0 Å². The Hall–Kier alpha value is -2.90. The molecule has 30 heavy (non-hydrogen) atoms. The Labute approximate surface area is 176 Å². The molecular formula is C22H28N4O4. The highest BCUT2D eigenvalue weighted by atomic mass is 16.2. The van der Waals surface area contributed by atoms with Crippen LogP contribution in [0, 0.1) is 0 Å². The minimum Gasteiger partial charge on any atom is -0.339 e. The molecule has 0 bridgehead atoms. The van der Waals surface area contributed by atoms with Gasteiger partial charge < -0.3 is 15.5 Å². The summed E-state index contributed by atoms with van der Waals surface area (Å²) in [4.78, 5) is 52.7. The van der Waals surface area contributed by atoms with E-state index in [9.17, 15) is 19.2 Å². The number of likely N-dealkylation sites (tertiary alicyclic amines) is 1. The van der Waals surface area contributed by atoms with Crippen molar-refractivity contribution >= 4 is 29.4 Å². The molecule has 1 aliphatic carbocycles. The number of nitrogens with one attached hydrogen (secondary N) is 2. The van der Waals surface area contributed by atoms with Crippen molar-refractivity contribution in [2.24, 2.45) is 0 Å². The van der Waals surface area contributed by atoms with Crippen LogP contribution in [-0.4, -0.2) is 58.7 Å². The van der Waals surface area contributed by atoms with Gasteiger partial charge in [0.15, 0.2) is 0 Å². The molecule has 5 amide bonds. The van der Waals surface area contributed by atoms with Crippen LogP contribution in [-0.2, 0) is 9.59 Å². The molecule has 1 aromatic rings. The summed E-state index contributed by atoms with van der Waals surface area (Å²) in [5.41, 5.74) is 0.433. The second kappa shape index (κ2) is 8.45. The van der Waals surface area contributed by atoms with Gasteiger partial charge in [0.25, 0.3) is 11.8 Å². The van der Waals surface area contributed by atoms with E-state index in [0.29, 0.717) is 30.5 Å². The third-order valence-corrected chi connectivity index (χ3v) is 6.28. The van der Waals surface area contributed by atoms with Crippen LogP contribution in [0.1, 0.15) is 61.7 Å². The predicted octanol–water partition coefficient (Wildman–Crippen LogP) is 2.51. The average molecular weight is 412 g/mol. The molecule has 0 unspecified atom stereocenters. The van der Waals surface area contributed by atoms with Crippen molar-refractivity contribution in [1.82, 2.24) is 15.1 Å². The molecule has 0 radical (unpaired) electrons. The molecule has 8 heteroatoms. The SMILES string of the molecule is O=C(CCCN1C(=O)NC2(CCCC2)C1=O)Nc1cccc(C(=O)N2CCCC2)c1. The highest BCUT2D eigenvalue weighted by molar-refractivity contribution is 6.07. The summed E-state index contributed by atoms with van der Waals surface area (Å²) in [6.07, 6.45) is 5.93. The van der Waals surface area contributed by atoms with E-state index in [2.05, 4.69) is 10.6 Å². The topological polar surface area (TPSA) is 98.8 Å². The van der Waals surface area contributed by atoms with Crippen LogP contribution in [0.5, 0.6) is 0 Å². The molecule has 8 nitrogen and oxygen atoms in total. The van der Waals surface area contributed by atoms with E-state index in [1.807, 2.05) is 4.90 Å². The first kappa shape index (κ1) is 20.4. The quantitative estimate of drug-likeness (QED) is 0.702. The molecule has 3 fully saturated rings. The lowest BCUT2D eigenvalue weighted by atomic mass is 9.98. The van der Waals surface area contributed by atoms with E-state index in [1.165, 1.54) is 4.90 Å². The lowest BCUT2D eigenvalue weighted by Crippen LogP contribution is -2.44. The molecule has 160 valence electrons. The molecule has 4 rings (SSSR count). The highest BCUT2D eigenvalue weighted by Gasteiger charge is 2.52. The number of carbonyl (C=O) groups is 4. The summed E-state index contributed by atoms with van der Waals surface area (Å²) in [5.74, 6) is -0.370. The molecular weight excluding hydrogens is 384 g/mol. The summed E-state index contributed by atoms with van der Waals surface area (Å²) < 4.78 is 0. The molecule has 2 saturated heterocycles. The van der Waals surface area contributed by atoms with Crippen molar-refractivity contribution in [3.8, 4) is 0 Å². The fourth-order valence-electron chi connectivity index (χ4n) is 4.65. The standard InChI is InChI=1S/C22H28N4O4/c27-18(9-6-14-26-20(29)22(24-21(26)30)10-1-2-11-22)23-17-8-5-7-16(15-17)19(28)25-12-3-4-13-25/h5,7-8,15H,1-4,6,9-14H2,(H,23,27)(H,24,30). The van der Waals surface area contributed by atoms with Gasteiger partial charge in [0.1, 0.15) is 5.54 Å². The van der Waals surface area contributed by atoms with Crippen LogP contribution in [0.3, 0.4) is 0 Å². The number of rotatable bonds is 6. The third kappa shape index (κ3) is 4.04. The maximum Gasteiger partial charge on any atom is 0.325 e. The summed E-state index contributed by atoms with van der Waals surface area (Å²) in [6.45, 7) is 1.78. The number of amides is 5. The Balaban J connectivity index is 1.27. The number of nitrogens with zero attached hydrogens (tertiary/aromatic N) is 2. The summed E-state index contributed by atoms with van der Waals surface area (Å²) >= 11 is 0. The Kier molecular flexibility index (Phi) is 5.74. The molecule has 2 heterocycles. The number of imide groups is 1. The van der Waals surface area contributed by atoms with Gasteiger partial charge in [0, 0.05) is 37.3 Å². The molecule has 1 aromatic carbocycles. The lowest BCUT2D eigenvalue weighted by molar-refractivity contribution is -0.131. The van der Waals surface area contributed by atoms with Crippen molar-refractivity contribution in [1.29, 1.82) is 0 Å². The number of anilines is 1. The van der Waals surface area contributed by atoms with E-state index in [1.54, 1.807) is 24.3 Å². The van der Waals surface area contributed by atoms with E-state index >= 15 is 0 Å². The van der Waals surface area contributed by atoms with Gasteiger partial charge in [-0.1, -0.05) is 18.9 Å². The molecule has 2 N–H and O–H groups in total. The normalized spacial score (nSPS) is 20.1. The number of hydrogen-bond donors (Lipinski definition) is 2. The van der Waals surface area contributed by atoms with E-state index in [-0.39, 0.29) is 36.7 Å². The van der Waals surface area contributed by atoms with Gasteiger partial charge in [-0.25, -0.2) is 4.79 Å². The van der Waals surface area contributed by atoms with Crippen LogP contribution >= 0.6 is 0 Å². The largest absolute Gasteiger partial charge is 0.339 e. The van der Waals surface area contributed by atoms with Gasteiger partial charge >= 0.3 is 6.03 Å². The Morgan fingerprint density at radius 2 is 1.80 bits per heavy atom. The summed E-state index contributed by atoms with van der Waals surface area (Å²) in [6, 6.07) is 6.61. The first-order chi connectivity index (χ1) is 14.5. The smallest absolute Gasteiger partial charge is 0.325 e. The zero-order chi connectivity index (χ0) is 21.1. The van der Waals surface area contributed by atoms with Gasteiger partial charge in [-0.05, 0) is 50.3 Å². The van der Waals surface area contributed by atoms with Gasteiger partial charge in [-0.3, -0.25) is 19.3 Å². The monoisotopic (exact) mass is 412 g/mol. The van der Waals surface area contributed by atoms with E-state index in [0.717, 1.165) is 38.8 Å². The maximum atomic E-state index is 12.6. The summed E-state index contributed by atoms with van der Waals surface area (Å²) in [5, 5.41) is 5.66. The Morgan fingerprint density at radius 1 is 1.07 bits per heavy atom. The lowest BCUT2D eigenvalue weighted by Gasteiger charge is -2.20. The fourth-order valence-corrected chi connectivity index (χ4v) is 4.65. The average Bonchev–Trinajstić information content (AvgIpc) is 3.47. The van der Waals surface area contributed by atoms with Gasteiger partial charge in [0.2, 0.25) is 5.91 Å². The third-order valence-electron chi connectivity index (χ3n) is 6.28. The van der Waals surface area contributed by atoms with E-state index < -0.39 is 5.54 Å². The first-order valence-electron chi connectivity index (χ1n) is 10.8. The maximum absolute atomic E-state index is 12.6. The minimum absolute atomic E-state index is 0.0111. The zero-order valence-electron chi connectivity index (χ0n) is 17.1.